The summed E-state index contributed by atoms with van der Waals surface area (Å²) in [4.78, 5) is 20.4. The first-order valence-corrected chi connectivity index (χ1v) is 12.7. The first-order valence-electron chi connectivity index (χ1n) is 10.5. The number of aryl methyl sites for hydroxylation is 1. The number of hydrogen-bond acceptors (Lipinski definition) is 6. The highest BCUT2D eigenvalue weighted by Crippen LogP contribution is 2.34. The van der Waals surface area contributed by atoms with Crippen LogP contribution in [-0.2, 0) is 21.2 Å². The fraction of sp³-hybridized carbons (Fsp3) is 0.0800. The summed E-state index contributed by atoms with van der Waals surface area (Å²) in [6.45, 7) is 0. The molecule has 1 N–H and O–H groups in total. The predicted octanol–water partition coefficient (Wildman–Crippen LogP) is 5.08. The topological polar surface area (TPSA) is 102 Å². The number of carboxylic acid groups (broad SMARTS) is 1. The molecule has 0 unspecified atom stereocenters. The van der Waals surface area contributed by atoms with E-state index in [2.05, 4.69) is 9.97 Å². The van der Waals surface area contributed by atoms with Crippen LogP contribution in [0.1, 0.15) is 12.0 Å². The van der Waals surface area contributed by atoms with Crippen LogP contribution in [0.4, 0.5) is 0 Å². The molecule has 34 heavy (non-hydrogen) atoms. The zero-order valence-electron chi connectivity index (χ0n) is 17.8. The van der Waals surface area contributed by atoms with Crippen LogP contribution in [0.5, 0.6) is 0 Å². The Morgan fingerprint density at radius 2 is 1.88 bits per heavy atom. The van der Waals surface area contributed by atoms with E-state index in [1.54, 1.807) is 42.9 Å². The van der Waals surface area contributed by atoms with Crippen molar-refractivity contribution in [3.63, 3.8) is 0 Å². The number of aliphatic carboxylic acids is 1. The zero-order valence-corrected chi connectivity index (χ0v) is 19.5. The van der Waals surface area contributed by atoms with Gasteiger partial charge in [0, 0.05) is 42.2 Å². The molecule has 4 heterocycles. The highest BCUT2D eigenvalue weighted by Gasteiger charge is 2.24. The van der Waals surface area contributed by atoms with Crippen molar-refractivity contribution in [2.75, 3.05) is 0 Å². The van der Waals surface area contributed by atoms with Gasteiger partial charge >= 0.3 is 5.97 Å². The summed E-state index contributed by atoms with van der Waals surface area (Å²) < 4.78 is 28.7. The SMILES string of the molecule is O=C(O)CCc1cn(S(=O)(=O)c2ccc(-c3ccccn3)s2)c2ccc(-c3cccnc3)cc12. The number of aromatic nitrogens is 3. The molecule has 0 radical (unpaired) electrons. The number of nitrogens with zero attached hydrogens (tertiary/aromatic N) is 3. The van der Waals surface area contributed by atoms with E-state index in [-0.39, 0.29) is 17.1 Å². The number of benzene rings is 1. The first kappa shape index (κ1) is 22.0. The van der Waals surface area contributed by atoms with Crippen LogP contribution in [0.15, 0.2) is 89.7 Å². The molecular weight excluding hydrogens is 470 g/mol. The van der Waals surface area contributed by atoms with Gasteiger partial charge in [-0.3, -0.25) is 14.8 Å². The maximum atomic E-state index is 13.6. The van der Waals surface area contributed by atoms with E-state index in [0.717, 1.165) is 27.3 Å². The Balaban J connectivity index is 1.62. The molecule has 4 aromatic heterocycles. The second-order valence-corrected chi connectivity index (χ2v) is 10.8. The van der Waals surface area contributed by atoms with E-state index in [4.69, 9.17) is 0 Å². The highest BCUT2D eigenvalue weighted by atomic mass is 32.2. The van der Waals surface area contributed by atoms with Gasteiger partial charge in [0.05, 0.1) is 16.1 Å². The molecule has 9 heteroatoms. The third kappa shape index (κ3) is 4.11. The van der Waals surface area contributed by atoms with Gasteiger partial charge in [0.2, 0.25) is 0 Å². The second-order valence-electron chi connectivity index (χ2n) is 7.66. The lowest BCUT2D eigenvalue weighted by molar-refractivity contribution is -0.136. The van der Waals surface area contributed by atoms with Crippen LogP contribution in [0.2, 0.25) is 0 Å². The van der Waals surface area contributed by atoms with Crippen LogP contribution < -0.4 is 0 Å². The fourth-order valence-electron chi connectivity index (χ4n) is 3.82. The molecule has 1 aromatic carbocycles. The molecule has 7 nitrogen and oxygen atoms in total. The third-order valence-electron chi connectivity index (χ3n) is 5.47. The molecule has 0 aliphatic heterocycles. The molecule has 170 valence electrons. The van der Waals surface area contributed by atoms with E-state index in [1.807, 2.05) is 36.4 Å². The van der Waals surface area contributed by atoms with Crippen molar-refractivity contribution in [1.82, 2.24) is 13.9 Å². The quantitative estimate of drug-likeness (QED) is 0.342. The second kappa shape index (κ2) is 8.85. The van der Waals surface area contributed by atoms with E-state index < -0.39 is 16.0 Å². The van der Waals surface area contributed by atoms with Crippen molar-refractivity contribution in [2.45, 2.75) is 17.1 Å². The van der Waals surface area contributed by atoms with Crippen LogP contribution >= 0.6 is 11.3 Å². The maximum Gasteiger partial charge on any atom is 0.303 e. The smallest absolute Gasteiger partial charge is 0.303 e. The largest absolute Gasteiger partial charge is 0.481 e. The van der Waals surface area contributed by atoms with Gasteiger partial charge in [0.25, 0.3) is 10.0 Å². The van der Waals surface area contributed by atoms with Gasteiger partial charge in [-0.05, 0) is 60.0 Å². The normalized spacial score (nSPS) is 11.6. The van der Waals surface area contributed by atoms with Gasteiger partial charge in [-0.2, -0.15) is 8.42 Å². The molecule has 0 saturated carbocycles. The molecule has 0 bridgehead atoms. The number of hydrogen-bond donors (Lipinski definition) is 1. The minimum atomic E-state index is -3.90. The lowest BCUT2D eigenvalue weighted by Crippen LogP contribution is -2.10. The standard InChI is InChI=1S/C25H19N3O4S2/c29-24(30)10-7-19-16-28(22-8-6-17(14-20(19)22)18-4-3-12-26-15-18)34(31,32)25-11-9-23(33-25)21-5-1-2-13-27-21/h1-6,8-9,11-16H,7,10H2,(H,29,30). The molecular formula is C25H19N3O4S2. The number of thiophene rings is 1. The van der Waals surface area contributed by atoms with Crippen molar-refractivity contribution in [3.05, 3.63) is 91.0 Å². The van der Waals surface area contributed by atoms with Gasteiger partial charge in [0.1, 0.15) is 4.21 Å². The average molecular weight is 490 g/mol. The summed E-state index contributed by atoms with van der Waals surface area (Å²) in [7, 11) is -3.90. The van der Waals surface area contributed by atoms with Crippen LogP contribution in [0, 0.1) is 0 Å². The average Bonchev–Trinajstić information content (AvgIpc) is 3.50. The molecule has 0 fully saturated rings. The number of carbonyl (C=O) groups is 1. The first-order chi connectivity index (χ1) is 16.4. The summed E-state index contributed by atoms with van der Waals surface area (Å²) in [5.74, 6) is -0.939. The van der Waals surface area contributed by atoms with Gasteiger partial charge in [-0.25, -0.2) is 3.97 Å². The zero-order chi connectivity index (χ0) is 23.7. The van der Waals surface area contributed by atoms with E-state index in [1.165, 1.54) is 10.2 Å². The number of fused-ring (bicyclic) bond motifs is 1. The molecule has 0 aliphatic carbocycles. The van der Waals surface area contributed by atoms with E-state index in [9.17, 15) is 18.3 Å². The Labute approximate surface area is 200 Å². The molecule has 0 amide bonds. The summed E-state index contributed by atoms with van der Waals surface area (Å²) in [5.41, 5.74) is 3.63. The van der Waals surface area contributed by atoms with Gasteiger partial charge in [-0.15, -0.1) is 11.3 Å². The monoisotopic (exact) mass is 489 g/mol. The van der Waals surface area contributed by atoms with Crippen LogP contribution in [-0.4, -0.2) is 33.4 Å². The Kier molecular flexibility index (Phi) is 5.72. The molecule has 5 aromatic rings. The van der Waals surface area contributed by atoms with Crippen molar-refractivity contribution < 1.29 is 18.3 Å². The maximum absolute atomic E-state index is 13.6. The minimum Gasteiger partial charge on any atom is -0.481 e. The van der Waals surface area contributed by atoms with Crippen LogP contribution in [0.25, 0.3) is 32.6 Å². The fourth-order valence-corrected chi connectivity index (χ4v) is 6.58. The van der Waals surface area contributed by atoms with Gasteiger partial charge < -0.3 is 5.11 Å². The Morgan fingerprint density at radius 1 is 1.00 bits per heavy atom. The summed E-state index contributed by atoms with van der Waals surface area (Å²) in [5, 5.41) is 9.90. The summed E-state index contributed by atoms with van der Waals surface area (Å²) in [6, 6.07) is 18.1. The van der Waals surface area contributed by atoms with Gasteiger partial charge in [0.15, 0.2) is 0 Å². The third-order valence-corrected chi connectivity index (χ3v) is 8.72. The Morgan fingerprint density at radius 3 is 2.62 bits per heavy atom. The summed E-state index contributed by atoms with van der Waals surface area (Å²) in [6.07, 6.45) is 6.74. The lowest BCUT2D eigenvalue weighted by atomic mass is 10.0. The minimum absolute atomic E-state index is 0.0981. The molecule has 0 atom stereocenters. The molecule has 0 spiro atoms. The van der Waals surface area contributed by atoms with Gasteiger partial charge in [-0.1, -0.05) is 18.2 Å². The molecule has 5 rings (SSSR count). The lowest BCUT2D eigenvalue weighted by Gasteiger charge is -2.06. The summed E-state index contributed by atoms with van der Waals surface area (Å²) >= 11 is 1.15. The van der Waals surface area contributed by atoms with Crippen molar-refractivity contribution in [2.24, 2.45) is 0 Å². The Hall–Kier alpha value is -3.82. The van der Waals surface area contributed by atoms with Crippen molar-refractivity contribution >= 4 is 38.2 Å². The van der Waals surface area contributed by atoms with E-state index >= 15 is 0 Å². The molecule has 0 saturated heterocycles. The predicted molar refractivity (Wildman–Crippen MR) is 131 cm³/mol. The van der Waals surface area contributed by atoms with Crippen molar-refractivity contribution in [1.29, 1.82) is 0 Å². The van der Waals surface area contributed by atoms with E-state index in [0.29, 0.717) is 22.2 Å². The van der Waals surface area contributed by atoms with Crippen molar-refractivity contribution in [3.8, 4) is 21.7 Å². The highest BCUT2D eigenvalue weighted by molar-refractivity contribution is 7.92. The Bertz CT molecular complexity index is 1590. The molecule has 0 aliphatic rings. The number of carboxylic acids is 1. The number of pyridine rings is 2. The van der Waals surface area contributed by atoms with Crippen LogP contribution in [0.3, 0.4) is 0 Å². The number of rotatable bonds is 7.